The SMILES string of the molecule is Cc1ccc2nc(N3CCC(C)CC3)c(/C=C3\SC(=S)N(C)C3=O)cc2c1. The molecule has 2 aliphatic rings. The molecule has 0 atom stereocenters. The van der Waals surface area contributed by atoms with Gasteiger partial charge in [-0.1, -0.05) is 42.5 Å². The Labute approximate surface area is 169 Å². The smallest absolute Gasteiger partial charge is 0.265 e. The van der Waals surface area contributed by atoms with Crippen LogP contribution in [-0.2, 0) is 4.79 Å². The molecule has 1 aromatic carbocycles. The molecule has 0 radical (unpaired) electrons. The number of thiocarbonyl (C=S) groups is 1. The Morgan fingerprint density at radius 2 is 2.00 bits per heavy atom. The van der Waals surface area contributed by atoms with Crippen molar-refractivity contribution in [3.05, 3.63) is 40.3 Å². The molecule has 2 aliphatic heterocycles. The van der Waals surface area contributed by atoms with Crippen molar-refractivity contribution in [2.75, 3.05) is 25.0 Å². The lowest BCUT2D eigenvalue weighted by Gasteiger charge is -2.32. The zero-order chi connectivity index (χ0) is 19.1. The van der Waals surface area contributed by atoms with Gasteiger partial charge >= 0.3 is 0 Å². The van der Waals surface area contributed by atoms with E-state index in [1.165, 1.54) is 35.1 Å². The van der Waals surface area contributed by atoms with Crippen molar-refractivity contribution in [2.24, 2.45) is 5.92 Å². The van der Waals surface area contributed by atoms with Gasteiger partial charge in [0.25, 0.3) is 5.91 Å². The molecular formula is C21H23N3OS2. The van der Waals surface area contributed by atoms with Crippen LogP contribution in [0.5, 0.6) is 0 Å². The molecule has 0 bridgehead atoms. The summed E-state index contributed by atoms with van der Waals surface area (Å²) in [6.07, 6.45) is 4.30. The van der Waals surface area contributed by atoms with Gasteiger partial charge in [-0.15, -0.1) is 0 Å². The molecular weight excluding hydrogens is 374 g/mol. The van der Waals surface area contributed by atoms with Crippen LogP contribution in [0.3, 0.4) is 0 Å². The zero-order valence-corrected chi connectivity index (χ0v) is 17.5. The number of carbonyl (C=O) groups is 1. The molecule has 6 heteroatoms. The van der Waals surface area contributed by atoms with Gasteiger partial charge in [0.05, 0.1) is 10.4 Å². The number of hydrogen-bond acceptors (Lipinski definition) is 5. The van der Waals surface area contributed by atoms with Crippen LogP contribution in [0, 0.1) is 12.8 Å². The van der Waals surface area contributed by atoms with Crippen molar-refractivity contribution < 1.29 is 4.79 Å². The summed E-state index contributed by atoms with van der Waals surface area (Å²) in [6.45, 7) is 6.39. The number of nitrogens with zero attached hydrogens (tertiary/aromatic N) is 3. The first-order valence-corrected chi connectivity index (χ1v) is 10.5. The van der Waals surface area contributed by atoms with E-state index in [1.54, 1.807) is 7.05 Å². The van der Waals surface area contributed by atoms with Crippen molar-refractivity contribution in [3.63, 3.8) is 0 Å². The minimum atomic E-state index is -0.0347. The number of aryl methyl sites for hydroxylation is 1. The molecule has 1 amide bonds. The molecule has 2 aromatic rings. The van der Waals surface area contributed by atoms with Crippen molar-refractivity contribution in [3.8, 4) is 0 Å². The molecule has 1 aromatic heterocycles. The maximum Gasteiger partial charge on any atom is 0.265 e. The van der Waals surface area contributed by atoms with Gasteiger partial charge in [-0.25, -0.2) is 4.98 Å². The molecule has 4 rings (SSSR count). The number of pyridine rings is 1. The summed E-state index contributed by atoms with van der Waals surface area (Å²) in [7, 11) is 1.73. The average molecular weight is 398 g/mol. The lowest BCUT2D eigenvalue weighted by molar-refractivity contribution is -0.121. The van der Waals surface area contributed by atoms with Gasteiger partial charge < -0.3 is 4.90 Å². The van der Waals surface area contributed by atoms with E-state index in [4.69, 9.17) is 17.2 Å². The maximum absolute atomic E-state index is 12.5. The van der Waals surface area contributed by atoms with E-state index in [-0.39, 0.29) is 5.91 Å². The van der Waals surface area contributed by atoms with E-state index in [1.807, 2.05) is 6.08 Å². The van der Waals surface area contributed by atoms with Crippen LogP contribution in [0.2, 0.25) is 0 Å². The quantitative estimate of drug-likeness (QED) is 0.546. The lowest BCUT2D eigenvalue weighted by atomic mass is 9.98. The number of anilines is 1. The molecule has 0 N–H and O–H groups in total. The summed E-state index contributed by atoms with van der Waals surface area (Å²) >= 11 is 6.64. The van der Waals surface area contributed by atoms with Crippen molar-refractivity contribution >= 4 is 57.0 Å². The number of carbonyl (C=O) groups excluding carboxylic acids is 1. The fourth-order valence-electron chi connectivity index (χ4n) is 3.57. The number of hydrogen-bond donors (Lipinski definition) is 0. The predicted octanol–water partition coefficient (Wildman–Crippen LogP) is 4.61. The van der Waals surface area contributed by atoms with Crippen LogP contribution >= 0.6 is 24.0 Å². The minimum absolute atomic E-state index is 0.0347. The Hall–Kier alpha value is -1.92. The second kappa shape index (κ2) is 7.24. The van der Waals surface area contributed by atoms with Gasteiger partial charge in [0.1, 0.15) is 10.1 Å². The number of aromatic nitrogens is 1. The van der Waals surface area contributed by atoms with Crippen molar-refractivity contribution in [2.45, 2.75) is 26.7 Å². The highest BCUT2D eigenvalue weighted by Crippen LogP contribution is 2.35. The highest BCUT2D eigenvalue weighted by Gasteiger charge is 2.29. The first kappa shape index (κ1) is 18.4. The average Bonchev–Trinajstić information content (AvgIpc) is 2.89. The summed E-state index contributed by atoms with van der Waals surface area (Å²) in [5.41, 5.74) is 3.20. The molecule has 0 saturated carbocycles. The largest absolute Gasteiger partial charge is 0.356 e. The summed E-state index contributed by atoms with van der Waals surface area (Å²) in [5, 5.41) is 1.10. The first-order chi connectivity index (χ1) is 12.9. The number of piperidine rings is 1. The summed E-state index contributed by atoms with van der Waals surface area (Å²) in [5.74, 6) is 1.69. The molecule has 140 valence electrons. The number of likely N-dealkylation sites (N-methyl/N-ethyl adjacent to an activating group) is 1. The number of benzene rings is 1. The Balaban J connectivity index is 1.82. The third kappa shape index (κ3) is 3.60. The van der Waals surface area contributed by atoms with Crippen molar-refractivity contribution in [1.29, 1.82) is 0 Å². The fraction of sp³-hybridized carbons (Fsp3) is 0.381. The standard InChI is InChI=1S/C21H23N3OS2/c1-13-6-8-24(9-7-13)19-16(12-18-20(25)23(3)21(26)27-18)11-15-10-14(2)4-5-17(15)22-19/h4-5,10-13H,6-9H2,1-3H3/b18-12-. The highest BCUT2D eigenvalue weighted by atomic mass is 32.2. The van der Waals surface area contributed by atoms with E-state index >= 15 is 0 Å². The van der Waals surface area contributed by atoms with Crippen LogP contribution in [0.25, 0.3) is 17.0 Å². The predicted molar refractivity (Wildman–Crippen MR) is 118 cm³/mol. The fourth-order valence-corrected chi connectivity index (χ4v) is 4.74. The summed E-state index contributed by atoms with van der Waals surface area (Å²) < 4.78 is 0.601. The van der Waals surface area contributed by atoms with E-state index < -0.39 is 0 Å². The molecule has 4 nitrogen and oxygen atoms in total. The molecule has 2 fully saturated rings. The monoisotopic (exact) mass is 397 g/mol. The van der Waals surface area contributed by atoms with Gasteiger partial charge in [0, 0.05) is 31.1 Å². The third-order valence-electron chi connectivity index (χ3n) is 5.33. The molecule has 0 spiro atoms. The van der Waals surface area contributed by atoms with Crippen LogP contribution < -0.4 is 4.90 Å². The molecule has 0 aliphatic carbocycles. The topological polar surface area (TPSA) is 36.4 Å². The first-order valence-electron chi connectivity index (χ1n) is 9.30. The van der Waals surface area contributed by atoms with Gasteiger partial charge in [-0.05, 0) is 50.0 Å². The molecule has 27 heavy (non-hydrogen) atoms. The second-order valence-corrected chi connectivity index (χ2v) is 9.18. The summed E-state index contributed by atoms with van der Waals surface area (Å²) in [6, 6.07) is 8.48. The Morgan fingerprint density at radius 3 is 2.67 bits per heavy atom. The molecule has 2 saturated heterocycles. The Kier molecular flexibility index (Phi) is 4.95. The van der Waals surface area contributed by atoms with Crippen LogP contribution in [0.1, 0.15) is 30.9 Å². The summed E-state index contributed by atoms with van der Waals surface area (Å²) in [4.78, 5) is 22.0. The Bertz CT molecular complexity index is 961. The van der Waals surface area contributed by atoms with Gasteiger partial charge in [-0.2, -0.15) is 0 Å². The normalized spacial score (nSPS) is 20.3. The molecule has 3 heterocycles. The van der Waals surface area contributed by atoms with E-state index in [2.05, 4.69) is 43.0 Å². The van der Waals surface area contributed by atoms with Gasteiger partial charge in [0.15, 0.2) is 0 Å². The van der Waals surface area contributed by atoms with Crippen molar-refractivity contribution in [1.82, 2.24) is 9.88 Å². The van der Waals surface area contributed by atoms with Gasteiger partial charge in [-0.3, -0.25) is 9.69 Å². The van der Waals surface area contributed by atoms with E-state index in [0.29, 0.717) is 9.23 Å². The maximum atomic E-state index is 12.5. The number of fused-ring (bicyclic) bond motifs is 1. The van der Waals surface area contributed by atoms with Crippen LogP contribution in [0.15, 0.2) is 29.2 Å². The lowest BCUT2D eigenvalue weighted by Crippen LogP contribution is -2.34. The third-order valence-corrected chi connectivity index (χ3v) is 6.82. The number of rotatable bonds is 2. The van der Waals surface area contributed by atoms with Crippen LogP contribution in [0.4, 0.5) is 5.82 Å². The van der Waals surface area contributed by atoms with E-state index in [0.717, 1.165) is 41.3 Å². The minimum Gasteiger partial charge on any atom is -0.356 e. The highest BCUT2D eigenvalue weighted by molar-refractivity contribution is 8.26. The van der Waals surface area contributed by atoms with Crippen LogP contribution in [-0.4, -0.2) is 40.2 Å². The number of thioether (sulfide) groups is 1. The number of amides is 1. The van der Waals surface area contributed by atoms with Gasteiger partial charge in [0.2, 0.25) is 0 Å². The van der Waals surface area contributed by atoms with E-state index in [9.17, 15) is 4.79 Å². The Morgan fingerprint density at radius 1 is 1.26 bits per heavy atom. The molecule has 0 unspecified atom stereocenters. The second-order valence-electron chi connectivity index (χ2n) is 7.51. The zero-order valence-electron chi connectivity index (χ0n) is 15.9.